The molecule has 3 aromatic heterocycles. The first-order valence-corrected chi connectivity index (χ1v) is 11.3. The molecule has 0 bridgehead atoms. The molecule has 0 aliphatic rings. The number of rotatable bonds is 3. The van der Waals surface area contributed by atoms with Crippen LogP contribution < -0.4 is 11.5 Å². The molecule has 0 aliphatic carbocycles. The monoisotopic (exact) mass is 456 g/mol. The van der Waals surface area contributed by atoms with Crippen LogP contribution in [0, 0.1) is 20.8 Å². The summed E-state index contributed by atoms with van der Waals surface area (Å²) in [6.45, 7) is 19.9. The van der Waals surface area contributed by atoms with E-state index in [1.807, 2.05) is 36.7 Å². The van der Waals surface area contributed by atoms with Gasteiger partial charge in [-0.15, -0.1) is 0 Å². The van der Waals surface area contributed by atoms with E-state index in [9.17, 15) is 0 Å². The van der Waals surface area contributed by atoms with Crippen LogP contribution in [0.4, 0.5) is 11.5 Å². The van der Waals surface area contributed by atoms with Gasteiger partial charge in [0, 0.05) is 28.7 Å². The Hall–Kier alpha value is -3.93. The van der Waals surface area contributed by atoms with Gasteiger partial charge in [-0.25, -0.2) is 9.97 Å². The van der Waals surface area contributed by atoms with Gasteiger partial charge in [0.1, 0.15) is 17.8 Å². The third kappa shape index (κ3) is 6.32. The van der Waals surface area contributed by atoms with Crippen molar-refractivity contribution >= 4 is 39.1 Å². The molecule has 3 heterocycles. The Balaban J connectivity index is 0.000000197. The Bertz CT molecular complexity index is 1340. The second kappa shape index (κ2) is 11.8. The van der Waals surface area contributed by atoms with E-state index in [-0.39, 0.29) is 0 Å². The highest BCUT2D eigenvalue weighted by Gasteiger charge is 2.10. The minimum Gasteiger partial charge on any atom is -0.398 e. The lowest BCUT2D eigenvalue weighted by atomic mass is 10.1. The Kier molecular flexibility index (Phi) is 9.13. The molecule has 34 heavy (non-hydrogen) atoms. The van der Waals surface area contributed by atoms with Gasteiger partial charge in [-0.05, 0) is 70.4 Å². The summed E-state index contributed by atoms with van der Waals surface area (Å²) in [6, 6.07) is 8.03. The number of hydrogen-bond acceptors (Lipinski definition) is 5. The number of hydrogen-bond donors (Lipinski definition) is 2. The number of fused-ring (bicyclic) bond motifs is 2. The lowest BCUT2D eigenvalue weighted by Gasteiger charge is -2.03. The van der Waals surface area contributed by atoms with E-state index in [1.54, 1.807) is 6.08 Å². The fourth-order valence-corrected chi connectivity index (χ4v) is 3.29. The summed E-state index contributed by atoms with van der Waals surface area (Å²) in [6.07, 6.45) is 8.39. The average Bonchev–Trinajstić information content (AvgIpc) is 3.16. The summed E-state index contributed by atoms with van der Waals surface area (Å²) in [4.78, 5) is 12.6. The maximum atomic E-state index is 5.87. The van der Waals surface area contributed by atoms with Gasteiger partial charge in [-0.2, -0.15) is 0 Å². The van der Waals surface area contributed by atoms with Gasteiger partial charge in [-0.3, -0.25) is 4.98 Å². The van der Waals surface area contributed by atoms with Crippen LogP contribution in [0.1, 0.15) is 44.0 Å². The van der Waals surface area contributed by atoms with Crippen LogP contribution in [-0.4, -0.2) is 19.5 Å². The number of anilines is 2. The van der Waals surface area contributed by atoms with Crippen LogP contribution in [-0.2, 0) is 0 Å². The van der Waals surface area contributed by atoms with E-state index in [0.717, 1.165) is 44.6 Å². The molecule has 0 spiro atoms. The van der Waals surface area contributed by atoms with Crippen molar-refractivity contribution < 1.29 is 0 Å². The zero-order valence-corrected chi connectivity index (χ0v) is 21.2. The zero-order valence-electron chi connectivity index (χ0n) is 21.2. The van der Waals surface area contributed by atoms with Crippen molar-refractivity contribution in [3.8, 4) is 0 Å². The fraction of sp³-hybridized carbons (Fsp3) is 0.250. The molecule has 6 heteroatoms. The maximum Gasteiger partial charge on any atom is 0.150 e. The summed E-state index contributed by atoms with van der Waals surface area (Å²) >= 11 is 0. The highest BCUT2D eigenvalue weighted by Crippen LogP contribution is 2.25. The molecule has 4 aromatic rings. The van der Waals surface area contributed by atoms with Gasteiger partial charge in [0.2, 0.25) is 0 Å². The molecule has 0 saturated carbocycles. The molecule has 0 amide bonds. The van der Waals surface area contributed by atoms with Crippen LogP contribution in [0.5, 0.6) is 0 Å². The van der Waals surface area contributed by atoms with Crippen molar-refractivity contribution in [1.82, 2.24) is 19.5 Å². The van der Waals surface area contributed by atoms with E-state index in [1.165, 1.54) is 23.9 Å². The van der Waals surface area contributed by atoms with Crippen molar-refractivity contribution in [2.75, 3.05) is 11.5 Å². The second-order valence-electron chi connectivity index (χ2n) is 8.20. The number of aromatic nitrogens is 4. The van der Waals surface area contributed by atoms with Crippen molar-refractivity contribution in [2.45, 2.75) is 48.0 Å². The lowest BCUT2D eigenvalue weighted by molar-refractivity contribution is 1.09. The smallest absolute Gasteiger partial charge is 0.150 e. The summed E-state index contributed by atoms with van der Waals surface area (Å²) in [7, 11) is 0. The normalized spacial score (nSPS) is 10.8. The first-order chi connectivity index (χ1) is 16.1. The zero-order chi connectivity index (χ0) is 25.4. The number of allylic oxidation sites excluding steroid dienone is 4. The molecule has 1 aromatic carbocycles. The quantitative estimate of drug-likeness (QED) is 0.262. The molecule has 4 rings (SSSR count). The number of nitrogens with two attached hydrogens (primary N) is 2. The lowest BCUT2D eigenvalue weighted by Crippen LogP contribution is -1.96. The molecule has 0 unspecified atom stereocenters. The highest BCUT2D eigenvalue weighted by molar-refractivity contribution is 5.92. The van der Waals surface area contributed by atoms with Gasteiger partial charge in [-0.1, -0.05) is 43.9 Å². The van der Waals surface area contributed by atoms with Gasteiger partial charge in [0.05, 0.1) is 10.9 Å². The van der Waals surface area contributed by atoms with Gasteiger partial charge in [0.25, 0.3) is 0 Å². The van der Waals surface area contributed by atoms with Crippen LogP contribution in [0.2, 0.25) is 0 Å². The molecule has 0 aliphatic heterocycles. The Morgan fingerprint density at radius 3 is 2.41 bits per heavy atom. The largest absolute Gasteiger partial charge is 0.398 e. The first kappa shape index (κ1) is 26.3. The standard InChI is InChI=1S/C11H12N4.C11H12N2.C6H12/c1-4-8(3)15-5-7(2)9-10(12)13-6-14-11(9)15;1-7-3-4-9-10(12)6-8(2)13-11(9)5-7;1-4-6(3)5-2/h4-6H,1,3H2,2H3,(H2,12,13,14);3-6H,1-2H3,(H2,12,13);4H,5H2,1-3H3/b;;6-4+. The third-order valence-corrected chi connectivity index (χ3v) is 5.52. The van der Waals surface area contributed by atoms with Crippen LogP contribution in [0.25, 0.3) is 27.6 Å². The van der Waals surface area contributed by atoms with Crippen molar-refractivity contribution in [2.24, 2.45) is 0 Å². The van der Waals surface area contributed by atoms with Crippen LogP contribution in [0.3, 0.4) is 0 Å². The van der Waals surface area contributed by atoms with Gasteiger partial charge >= 0.3 is 0 Å². The number of nitrogen functional groups attached to an aromatic ring is 2. The SMILES string of the molecule is C/C=C(\C)CC.C=CC(=C)n1cc(C)c2c(N)ncnc21.Cc1ccc2c(N)cc(C)nc2c1. The number of aryl methyl sites for hydroxylation is 3. The predicted octanol–water partition coefficient (Wildman–Crippen LogP) is 6.78. The van der Waals surface area contributed by atoms with Gasteiger partial charge in [0.15, 0.2) is 0 Å². The summed E-state index contributed by atoms with van der Waals surface area (Å²) in [5, 5.41) is 1.91. The number of benzene rings is 1. The summed E-state index contributed by atoms with van der Waals surface area (Å²) in [5.41, 5.74) is 19.7. The Morgan fingerprint density at radius 2 is 1.82 bits per heavy atom. The maximum absolute atomic E-state index is 5.87. The number of pyridine rings is 1. The minimum atomic E-state index is 0.494. The first-order valence-electron chi connectivity index (χ1n) is 11.3. The molecule has 6 nitrogen and oxygen atoms in total. The molecular formula is C28H36N6. The average molecular weight is 457 g/mol. The van der Waals surface area contributed by atoms with E-state index in [2.05, 4.69) is 74.0 Å². The van der Waals surface area contributed by atoms with Gasteiger partial charge < -0.3 is 16.0 Å². The van der Waals surface area contributed by atoms with Crippen LogP contribution in [0.15, 0.2) is 67.7 Å². The Morgan fingerprint density at radius 1 is 1.12 bits per heavy atom. The molecule has 4 N–H and O–H groups in total. The minimum absolute atomic E-state index is 0.494. The van der Waals surface area contributed by atoms with E-state index < -0.39 is 0 Å². The second-order valence-corrected chi connectivity index (χ2v) is 8.20. The molecule has 178 valence electrons. The topological polar surface area (TPSA) is 95.6 Å². The van der Waals surface area contributed by atoms with E-state index in [0.29, 0.717) is 5.82 Å². The molecule has 0 radical (unpaired) electrons. The third-order valence-electron chi connectivity index (χ3n) is 5.52. The van der Waals surface area contributed by atoms with Crippen molar-refractivity contribution in [1.29, 1.82) is 0 Å². The predicted molar refractivity (Wildman–Crippen MR) is 148 cm³/mol. The van der Waals surface area contributed by atoms with Crippen molar-refractivity contribution in [3.63, 3.8) is 0 Å². The summed E-state index contributed by atoms with van der Waals surface area (Å²) < 4.78 is 1.86. The van der Waals surface area contributed by atoms with E-state index >= 15 is 0 Å². The van der Waals surface area contributed by atoms with E-state index in [4.69, 9.17) is 11.5 Å². The molecular weight excluding hydrogens is 420 g/mol. The molecule has 0 atom stereocenters. The Labute approximate surface area is 202 Å². The molecule has 0 saturated heterocycles. The number of nitrogens with zero attached hydrogens (tertiary/aromatic N) is 4. The van der Waals surface area contributed by atoms with Crippen LogP contribution >= 0.6 is 0 Å². The van der Waals surface area contributed by atoms with Crippen molar-refractivity contribution in [3.05, 3.63) is 84.5 Å². The summed E-state index contributed by atoms with van der Waals surface area (Å²) in [5.74, 6) is 0.494. The fourth-order valence-electron chi connectivity index (χ4n) is 3.29. The highest BCUT2D eigenvalue weighted by atomic mass is 15.1. The molecule has 0 fully saturated rings.